The Balaban J connectivity index is 1.72. The molecule has 0 spiro atoms. The normalized spacial score (nSPS) is 18.2. The fourth-order valence-electron chi connectivity index (χ4n) is 2.71. The largest absolute Gasteiger partial charge is 0.445 e. The highest BCUT2D eigenvalue weighted by Crippen LogP contribution is 2.18. The third-order valence-corrected chi connectivity index (χ3v) is 3.83. The van der Waals surface area contributed by atoms with Crippen molar-refractivity contribution in [2.75, 3.05) is 39.8 Å². The number of rotatable bonds is 6. The lowest BCUT2D eigenvalue weighted by molar-refractivity contribution is 0.102. The Labute approximate surface area is 126 Å². The molecular weight excluding hydrogens is 266 g/mol. The summed E-state index contributed by atoms with van der Waals surface area (Å²) in [6, 6.07) is 9.77. The third kappa shape index (κ3) is 5.02. The SMILES string of the molecule is CN(CCN)C[C@H]1CCN(C(=O)OCc2ccccc2)C1. The van der Waals surface area contributed by atoms with Crippen LogP contribution in [0.3, 0.4) is 0 Å². The monoisotopic (exact) mass is 291 g/mol. The molecule has 0 aromatic heterocycles. The van der Waals surface area contributed by atoms with E-state index in [1.807, 2.05) is 35.2 Å². The van der Waals surface area contributed by atoms with E-state index < -0.39 is 0 Å². The van der Waals surface area contributed by atoms with E-state index in [0.29, 0.717) is 19.1 Å². The zero-order chi connectivity index (χ0) is 15.1. The van der Waals surface area contributed by atoms with E-state index in [0.717, 1.165) is 38.2 Å². The Kier molecular flexibility index (Phi) is 6.02. The van der Waals surface area contributed by atoms with Gasteiger partial charge in [-0.3, -0.25) is 0 Å². The number of likely N-dealkylation sites (N-methyl/N-ethyl adjacent to an activating group) is 1. The average Bonchev–Trinajstić information content (AvgIpc) is 2.94. The van der Waals surface area contributed by atoms with Crippen LogP contribution < -0.4 is 5.73 Å². The fraction of sp³-hybridized carbons (Fsp3) is 0.562. The van der Waals surface area contributed by atoms with Crippen molar-refractivity contribution in [1.82, 2.24) is 9.80 Å². The van der Waals surface area contributed by atoms with Crippen LogP contribution in [0.15, 0.2) is 30.3 Å². The maximum absolute atomic E-state index is 12.0. The molecular formula is C16H25N3O2. The van der Waals surface area contributed by atoms with Crippen molar-refractivity contribution in [3.05, 3.63) is 35.9 Å². The minimum absolute atomic E-state index is 0.206. The molecule has 0 bridgehead atoms. The molecule has 0 aliphatic carbocycles. The van der Waals surface area contributed by atoms with Crippen molar-refractivity contribution >= 4 is 6.09 Å². The average molecular weight is 291 g/mol. The van der Waals surface area contributed by atoms with Gasteiger partial charge in [0.1, 0.15) is 6.61 Å². The van der Waals surface area contributed by atoms with Crippen LogP contribution in [-0.4, -0.2) is 55.7 Å². The Hall–Kier alpha value is -1.59. The number of ether oxygens (including phenoxy) is 1. The quantitative estimate of drug-likeness (QED) is 0.863. The van der Waals surface area contributed by atoms with Crippen molar-refractivity contribution in [3.63, 3.8) is 0 Å². The van der Waals surface area contributed by atoms with Crippen LogP contribution in [0.5, 0.6) is 0 Å². The second-order valence-corrected chi connectivity index (χ2v) is 5.69. The van der Waals surface area contributed by atoms with Crippen molar-refractivity contribution in [3.8, 4) is 0 Å². The second-order valence-electron chi connectivity index (χ2n) is 5.69. The lowest BCUT2D eigenvalue weighted by Gasteiger charge is -2.20. The number of nitrogens with two attached hydrogens (primary N) is 1. The van der Waals surface area contributed by atoms with E-state index in [4.69, 9.17) is 10.5 Å². The smallest absolute Gasteiger partial charge is 0.410 e. The Bertz CT molecular complexity index is 438. The van der Waals surface area contributed by atoms with Crippen LogP contribution in [0.2, 0.25) is 0 Å². The summed E-state index contributed by atoms with van der Waals surface area (Å²) in [7, 11) is 2.07. The third-order valence-electron chi connectivity index (χ3n) is 3.83. The van der Waals surface area contributed by atoms with Crippen LogP contribution in [0.1, 0.15) is 12.0 Å². The van der Waals surface area contributed by atoms with Gasteiger partial charge < -0.3 is 20.3 Å². The molecule has 1 aliphatic heterocycles. The minimum atomic E-state index is -0.206. The molecule has 2 N–H and O–H groups in total. The molecule has 1 amide bonds. The van der Waals surface area contributed by atoms with Crippen LogP contribution in [-0.2, 0) is 11.3 Å². The zero-order valence-corrected chi connectivity index (χ0v) is 12.7. The molecule has 1 aromatic carbocycles. The van der Waals surface area contributed by atoms with E-state index in [1.54, 1.807) is 0 Å². The van der Waals surface area contributed by atoms with Crippen molar-refractivity contribution in [2.45, 2.75) is 13.0 Å². The van der Waals surface area contributed by atoms with Gasteiger partial charge in [-0.2, -0.15) is 0 Å². The van der Waals surface area contributed by atoms with Gasteiger partial charge in [0, 0.05) is 32.7 Å². The van der Waals surface area contributed by atoms with E-state index in [9.17, 15) is 4.79 Å². The summed E-state index contributed by atoms with van der Waals surface area (Å²) in [5.74, 6) is 0.519. The molecule has 0 saturated carbocycles. The molecule has 0 radical (unpaired) electrons. The molecule has 0 unspecified atom stereocenters. The lowest BCUT2D eigenvalue weighted by atomic mass is 10.1. The highest BCUT2D eigenvalue weighted by molar-refractivity contribution is 5.68. The molecule has 2 rings (SSSR count). The first-order valence-corrected chi connectivity index (χ1v) is 7.53. The predicted molar refractivity (Wildman–Crippen MR) is 82.9 cm³/mol. The van der Waals surface area contributed by atoms with Crippen LogP contribution >= 0.6 is 0 Å². The van der Waals surface area contributed by atoms with Gasteiger partial charge in [-0.1, -0.05) is 30.3 Å². The van der Waals surface area contributed by atoms with Gasteiger partial charge in [0.25, 0.3) is 0 Å². The van der Waals surface area contributed by atoms with E-state index in [1.165, 1.54) is 0 Å². The summed E-state index contributed by atoms with van der Waals surface area (Å²) in [6.07, 6.45) is 0.831. The first-order chi connectivity index (χ1) is 10.2. The fourth-order valence-corrected chi connectivity index (χ4v) is 2.71. The molecule has 1 heterocycles. The Morgan fingerprint density at radius 2 is 2.19 bits per heavy atom. The lowest BCUT2D eigenvalue weighted by Crippen LogP contribution is -2.33. The van der Waals surface area contributed by atoms with Gasteiger partial charge in [-0.15, -0.1) is 0 Å². The summed E-state index contributed by atoms with van der Waals surface area (Å²) < 4.78 is 5.37. The Morgan fingerprint density at radius 3 is 2.90 bits per heavy atom. The summed E-state index contributed by atoms with van der Waals surface area (Å²) in [5, 5.41) is 0. The van der Waals surface area contributed by atoms with Crippen molar-refractivity contribution in [1.29, 1.82) is 0 Å². The van der Waals surface area contributed by atoms with Gasteiger partial charge in [0.05, 0.1) is 0 Å². The molecule has 1 aromatic rings. The molecule has 5 heteroatoms. The number of nitrogens with zero attached hydrogens (tertiary/aromatic N) is 2. The highest BCUT2D eigenvalue weighted by atomic mass is 16.6. The van der Waals surface area contributed by atoms with Gasteiger partial charge in [0.15, 0.2) is 0 Å². The van der Waals surface area contributed by atoms with Crippen LogP contribution in [0.25, 0.3) is 0 Å². The number of likely N-dealkylation sites (tertiary alicyclic amines) is 1. The number of hydrogen-bond acceptors (Lipinski definition) is 4. The number of carbonyl (C=O) groups is 1. The summed E-state index contributed by atoms with van der Waals surface area (Å²) in [5.41, 5.74) is 6.57. The topological polar surface area (TPSA) is 58.8 Å². The zero-order valence-electron chi connectivity index (χ0n) is 12.7. The molecule has 1 aliphatic rings. The summed E-state index contributed by atoms with van der Waals surface area (Å²) >= 11 is 0. The molecule has 116 valence electrons. The highest BCUT2D eigenvalue weighted by Gasteiger charge is 2.27. The Morgan fingerprint density at radius 1 is 1.43 bits per heavy atom. The number of carbonyl (C=O) groups excluding carboxylic acids is 1. The number of benzene rings is 1. The minimum Gasteiger partial charge on any atom is -0.445 e. The van der Waals surface area contributed by atoms with E-state index in [-0.39, 0.29) is 6.09 Å². The number of amides is 1. The molecule has 1 fully saturated rings. The summed E-state index contributed by atoms with van der Waals surface area (Å²) in [6.45, 7) is 4.46. The molecule has 21 heavy (non-hydrogen) atoms. The summed E-state index contributed by atoms with van der Waals surface area (Å²) in [4.78, 5) is 16.1. The molecule has 1 atom stereocenters. The molecule has 1 saturated heterocycles. The van der Waals surface area contributed by atoms with Gasteiger partial charge >= 0.3 is 6.09 Å². The predicted octanol–water partition coefficient (Wildman–Crippen LogP) is 1.54. The second kappa shape index (κ2) is 8.00. The van der Waals surface area contributed by atoms with Gasteiger partial charge in [-0.05, 0) is 24.9 Å². The first-order valence-electron chi connectivity index (χ1n) is 7.53. The van der Waals surface area contributed by atoms with Gasteiger partial charge in [0.2, 0.25) is 0 Å². The molecule has 5 nitrogen and oxygen atoms in total. The number of hydrogen-bond donors (Lipinski definition) is 1. The van der Waals surface area contributed by atoms with Crippen LogP contribution in [0, 0.1) is 5.92 Å². The maximum atomic E-state index is 12.0. The van der Waals surface area contributed by atoms with E-state index in [2.05, 4.69) is 11.9 Å². The first kappa shape index (κ1) is 15.8. The maximum Gasteiger partial charge on any atom is 0.410 e. The standard InChI is InChI=1S/C16H25N3O2/c1-18(10-8-17)11-15-7-9-19(12-15)16(20)21-13-14-5-3-2-4-6-14/h2-6,15H,7-13,17H2,1H3/t15-/m1/s1. The van der Waals surface area contributed by atoms with Crippen molar-refractivity contribution < 1.29 is 9.53 Å². The van der Waals surface area contributed by atoms with E-state index >= 15 is 0 Å². The van der Waals surface area contributed by atoms with Crippen molar-refractivity contribution in [2.24, 2.45) is 11.7 Å². The van der Waals surface area contributed by atoms with Crippen LogP contribution in [0.4, 0.5) is 4.79 Å². The van der Waals surface area contributed by atoms with Gasteiger partial charge in [-0.25, -0.2) is 4.79 Å².